The SMILES string of the molecule is C1=NCC(Cc2ccc3ccccc3c2)N1. The molecule has 0 saturated carbocycles. The summed E-state index contributed by atoms with van der Waals surface area (Å²) in [5.41, 5.74) is 1.38. The molecule has 1 unspecified atom stereocenters. The molecule has 1 aliphatic rings. The molecule has 80 valence electrons. The van der Waals surface area contributed by atoms with Gasteiger partial charge in [0, 0.05) is 0 Å². The first-order chi connectivity index (χ1) is 7.92. The number of nitrogens with zero attached hydrogens (tertiary/aromatic N) is 1. The summed E-state index contributed by atoms with van der Waals surface area (Å²) in [6.45, 7) is 0.896. The summed E-state index contributed by atoms with van der Waals surface area (Å²) in [6, 6.07) is 15.6. The van der Waals surface area contributed by atoms with E-state index in [-0.39, 0.29) is 0 Å². The molecule has 1 N–H and O–H groups in total. The Hall–Kier alpha value is -1.83. The lowest BCUT2D eigenvalue weighted by Gasteiger charge is -2.10. The molecule has 0 radical (unpaired) electrons. The minimum absolute atomic E-state index is 0.473. The summed E-state index contributed by atoms with van der Waals surface area (Å²) >= 11 is 0. The third-order valence-electron chi connectivity index (χ3n) is 3.02. The van der Waals surface area contributed by atoms with Gasteiger partial charge in [0.1, 0.15) is 0 Å². The van der Waals surface area contributed by atoms with Gasteiger partial charge >= 0.3 is 0 Å². The zero-order chi connectivity index (χ0) is 10.8. The fourth-order valence-electron chi connectivity index (χ4n) is 2.16. The van der Waals surface area contributed by atoms with Crippen LogP contribution in [0.25, 0.3) is 10.8 Å². The van der Waals surface area contributed by atoms with Gasteiger partial charge in [-0.1, -0.05) is 42.5 Å². The molecule has 2 nitrogen and oxygen atoms in total. The Morgan fingerprint density at radius 1 is 1.12 bits per heavy atom. The van der Waals surface area contributed by atoms with Gasteiger partial charge in [0.2, 0.25) is 0 Å². The molecule has 0 amide bonds. The smallest absolute Gasteiger partial charge is 0.0827 e. The lowest BCUT2D eigenvalue weighted by atomic mass is 10.0. The number of fused-ring (bicyclic) bond motifs is 1. The van der Waals surface area contributed by atoms with Crippen molar-refractivity contribution in [1.82, 2.24) is 5.32 Å². The highest BCUT2D eigenvalue weighted by molar-refractivity contribution is 5.83. The number of aliphatic imine (C=N–C) groups is 1. The van der Waals surface area contributed by atoms with Crippen molar-refractivity contribution >= 4 is 17.1 Å². The van der Waals surface area contributed by atoms with Crippen LogP contribution in [-0.2, 0) is 6.42 Å². The number of nitrogens with one attached hydrogen (secondary N) is 1. The highest BCUT2D eigenvalue weighted by Gasteiger charge is 2.10. The van der Waals surface area contributed by atoms with E-state index in [1.807, 2.05) is 6.34 Å². The van der Waals surface area contributed by atoms with Gasteiger partial charge in [-0.25, -0.2) is 0 Å². The zero-order valence-corrected chi connectivity index (χ0v) is 9.06. The van der Waals surface area contributed by atoms with Crippen molar-refractivity contribution in [2.24, 2.45) is 4.99 Å². The van der Waals surface area contributed by atoms with Crippen LogP contribution >= 0.6 is 0 Å². The molecular weight excluding hydrogens is 196 g/mol. The molecule has 1 atom stereocenters. The van der Waals surface area contributed by atoms with Crippen molar-refractivity contribution in [3.63, 3.8) is 0 Å². The van der Waals surface area contributed by atoms with Crippen LogP contribution in [0.15, 0.2) is 47.5 Å². The second-order valence-electron chi connectivity index (χ2n) is 4.24. The molecule has 2 aromatic carbocycles. The van der Waals surface area contributed by atoms with Crippen LogP contribution in [0.5, 0.6) is 0 Å². The van der Waals surface area contributed by atoms with E-state index >= 15 is 0 Å². The van der Waals surface area contributed by atoms with Crippen LogP contribution in [0.1, 0.15) is 5.56 Å². The molecule has 0 aliphatic carbocycles. The Kier molecular flexibility index (Phi) is 2.33. The number of rotatable bonds is 2. The van der Waals surface area contributed by atoms with Crippen molar-refractivity contribution in [2.45, 2.75) is 12.5 Å². The van der Waals surface area contributed by atoms with Crippen LogP contribution in [0.2, 0.25) is 0 Å². The Morgan fingerprint density at radius 3 is 2.81 bits per heavy atom. The second-order valence-corrected chi connectivity index (χ2v) is 4.24. The topological polar surface area (TPSA) is 24.4 Å². The third kappa shape index (κ3) is 1.78. The summed E-state index contributed by atoms with van der Waals surface area (Å²) in [4.78, 5) is 4.19. The first-order valence-corrected chi connectivity index (χ1v) is 5.64. The largest absolute Gasteiger partial charge is 0.372 e. The fourth-order valence-corrected chi connectivity index (χ4v) is 2.16. The van der Waals surface area contributed by atoms with Crippen LogP contribution < -0.4 is 5.32 Å². The first-order valence-electron chi connectivity index (χ1n) is 5.64. The average Bonchev–Trinajstić information content (AvgIpc) is 2.82. The molecule has 0 saturated heterocycles. The predicted molar refractivity (Wildman–Crippen MR) is 67.9 cm³/mol. The molecular formula is C14H14N2. The Balaban J connectivity index is 1.87. The molecule has 0 aromatic heterocycles. The quantitative estimate of drug-likeness (QED) is 0.808. The molecule has 0 spiro atoms. The summed E-state index contributed by atoms with van der Waals surface area (Å²) < 4.78 is 0. The molecule has 1 aliphatic heterocycles. The minimum atomic E-state index is 0.473. The normalized spacial score (nSPS) is 18.9. The highest BCUT2D eigenvalue weighted by atomic mass is 15.0. The van der Waals surface area contributed by atoms with Gasteiger partial charge in [0.05, 0.1) is 18.9 Å². The van der Waals surface area contributed by atoms with Crippen molar-refractivity contribution in [1.29, 1.82) is 0 Å². The van der Waals surface area contributed by atoms with Gasteiger partial charge in [-0.2, -0.15) is 0 Å². The third-order valence-corrected chi connectivity index (χ3v) is 3.02. The van der Waals surface area contributed by atoms with Crippen molar-refractivity contribution in [3.8, 4) is 0 Å². The molecule has 0 bridgehead atoms. The maximum atomic E-state index is 4.19. The fraction of sp³-hybridized carbons (Fsp3) is 0.214. The van der Waals surface area contributed by atoms with E-state index in [1.54, 1.807) is 0 Å². The number of benzene rings is 2. The molecule has 0 fully saturated rings. The first kappa shape index (κ1) is 9.40. The summed E-state index contributed by atoms with van der Waals surface area (Å²) in [6.07, 6.45) is 2.86. The standard InChI is InChI=1S/C14H14N2/c1-2-4-13-7-11(5-6-12(13)3-1)8-14-9-15-10-16-14/h1-7,10,14H,8-9H2,(H,15,16). The highest BCUT2D eigenvalue weighted by Crippen LogP contribution is 2.16. The van der Waals surface area contributed by atoms with Crippen molar-refractivity contribution in [3.05, 3.63) is 48.0 Å². The van der Waals surface area contributed by atoms with E-state index in [2.05, 4.69) is 52.8 Å². The van der Waals surface area contributed by atoms with Gasteiger partial charge in [0.25, 0.3) is 0 Å². The Bertz CT molecular complexity index is 523. The van der Waals surface area contributed by atoms with E-state index < -0.39 is 0 Å². The zero-order valence-electron chi connectivity index (χ0n) is 9.06. The Labute approximate surface area is 95.0 Å². The van der Waals surface area contributed by atoms with Gasteiger partial charge in [-0.15, -0.1) is 0 Å². The lowest BCUT2D eigenvalue weighted by molar-refractivity contribution is 0.657. The molecule has 2 heteroatoms. The maximum Gasteiger partial charge on any atom is 0.0827 e. The molecule has 3 rings (SSSR count). The van der Waals surface area contributed by atoms with E-state index in [1.165, 1.54) is 16.3 Å². The second kappa shape index (κ2) is 3.97. The summed E-state index contributed by atoms with van der Waals surface area (Å²) in [5, 5.41) is 5.89. The van der Waals surface area contributed by atoms with Crippen LogP contribution in [0.3, 0.4) is 0 Å². The van der Waals surface area contributed by atoms with Crippen LogP contribution in [-0.4, -0.2) is 18.9 Å². The van der Waals surface area contributed by atoms with Crippen molar-refractivity contribution in [2.75, 3.05) is 6.54 Å². The Morgan fingerprint density at radius 2 is 2.00 bits per heavy atom. The lowest BCUT2D eigenvalue weighted by Crippen LogP contribution is -2.26. The van der Waals surface area contributed by atoms with E-state index in [0.29, 0.717) is 6.04 Å². The monoisotopic (exact) mass is 210 g/mol. The van der Waals surface area contributed by atoms with Gasteiger partial charge in [-0.05, 0) is 22.8 Å². The van der Waals surface area contributed by atoms with Crippen LogP contribution in [0.4, 0.5) is 0 Å². The number of hydrogen-bond donors (Lipinski definition) is 1. The molecule has 1 heterocycles. The van der Waals surface area contributed by atoms with Gasteiger partial charge in [0.15, 0.2) is 0 Å². The van der Waals surface area contributed by atoms with Crippen LogP contribution in [0, 0.1) is 0 Å². The van der Waals surface area contributed by atoms with Crippen molar-refractivity contribution < 1.29 is 0 Å². The minimum Gasteiger partial charge on any atom is -0.372 e. The van der Waals surface area contributed by atoms with E-state index in [4.69, 9.17) is 0 Å². The van der Waals surface area contributed by atoms with Gasteiger partial charge < -0.3 is 5.32 Å². The molecule has 2 aromatic rings. The maximum absolute atomic E-state index is 4.19. The van der Waals surface area contributed by atoms with E-state index in [9.17, 15) is 0 Å². The summed E-state index contributed by atoms with van der Waals surface area (Å²) in [7, 11) is 0. The summed E-state index contributed by atoms with van der Waals surface area (Å²) in [5.74, 6) is 0. The number of hydrogen-bond acceptors (Lipinski definition) is 2. The van der Waals surface area contributed by atoms with Gasteiger partial charge in [-0.3, -0.25) is 4.99 Å². The predicted octanol–water partition coefficient (Wildman–Crippen LogP) is 2.38. The molecule has 16 heavy (non-hydrogen) atoms. The average molecular weight is 210 g/mol. The van der Waals surface area contributed by atoms with E-state index in [0.717, 1.165) is 13.0 Å².